The van der Waals surface area contributed by atoms with Gasteiger partial charge in [0.25, 0.3) is 5.52 Å². The molecule has 4 saturated carbocycles. The normalized spacial score (nSPS) is 35.4. The van der Waals surface area contributed by atoms with Crippen LogP contribution in [-0.2, 0) is 14.2 Å². The average Bonchev–Trinajstić information content (AvgIpc) is 2.48. The lowest BCUT2D eigenvalue weighted by molar-refractivity contribution is -0.136. The smallest absolute Gasteiger partial charge is 0.344 e. The van der Waals surface area contributed by atoms with E-state index in [-0.39, 0.29) is 5.92 Å². The maximum atomic E-state index is 12.6. The maximum Gasteiger partial charge on any atom is 0.393 e. The van der Waals surface area contributed by atoms with Gasteiger partial charge in [-0.25, -0.2) is 0 Å². The van der Waals surface area contributed by atoms with E-state index in [1.807, 2.05) is 13.8 Å². The van der Waals surface area contributed by atoms with E-state index in [0.29, 0.717) is 24.2 Å². The van der Waals surface area contributed by atoms with Crippen molar-refractivity contribution in [2.24, 2.45) is 34.8 Å². The molecule has 4 bridgehead atoms. The highest BCUT2D eigenvalue weighted by atomic mass is 31.2. The van der Waals surface area contributed by atoms with Crippen LogP contribution in [0, 0.1) is 29.1 Å². The van der Waals surface area contributed by atoms with Crippen LogP contribution in [0.1, 0.15) is 58.8 Å². The summed E-state index contributed by atoms with van der Waals surface area (Å²) >= 11 is 0. The SMILES string of the molecule is CC(C)C[C@H](N)C(=O)N[C@H](C(=O)P(=O)(O)O)C12CC3CC(CC(C3)C1)C2. The molecule has 0 aromatic heterocycles. The van der Waals surface area contributed by atoms with E-state index in [1.165, 1.54) is 0 Å². The number of nitrogens with two attached hydrogens (primary N) is 1. The van der Waals surface area contributed by atoms with Gasteiger partial charge in [-0.3, -0.25) is 14.2 Å². The Kier molecular flexibility index (Phi) is 5.39. The molecular formula is C18H31N2O5P. The van der Waals surface area contributed by atoms with Crippen LogP contribution in [0.5, 0.6) is 0 Å². The monoisotopic (exact) mass is 386 g/mol. The first-order chi connectivity index (χ1) is 12.0. The zero-order chi connectivity index (χ0) is 19.3. The highest BCUT2D eigenvalue weighted by Gasteiger charge is 2.58. The quantitative estimate of drug-likeness (QED) is 0.493. The van der Waals surface area contributed by atoms with Gasteiger partial charge in [0.15, 0.2) is 0 Å². The predicted molar refractivity (Wildman–Crippen MR) is 97.0 cm³/mol. The van der Waals surface area contributed by atoms with Crippen molar-refractivity contribution in [1.82, 2.24) is 5.32 Å². The fraction of sp³-hybridized carbons (Fsp3) is 0.889. The van der Waals surface area contributed by atoms with E-state index in [1.54, 1.807) is 0 Å². The van der Waals surface area contributed by atoms with Crippen molar-refractivity contribution in [2.75, 3.05) is 0 Å². The Morgan fingerprint density at radius 1 is 1.12 bits per heavy atom. The number of nitrogens with one attached hydrogen (secondary N) is 1. The zero-order valence-electron chi connectivity index (χ0n) is 15.6. The molecule has 0 saturated heterocycles. The topological polar surface area (TPSA) is 130 Å². The molecule has 4 aliphatic carbocycles. The van der Waals surface area contributed by atoms with E-state index in [9.17, 15) is 23.9 Å². The molecular weight excluding hydrogens is 355 g/mol. The molecule has 0 aliphatic heterocycles. The first kappa shape index (κ1) is 20.0. The molecule has 0 aromatic rings. The Bertz CT molecular complexity index is 594. The number of hydrogen-bond acceptors (Lipinski definition) is 4. The molecule has 0 spiro atoms. The fourth-order valence-corrected chi connectivity index (χ4v) is 6.72. The van der Waals surface area contributed by atoms with Gasteiger partial charge in [0.1, 0.15) is 6.04 Å². The Morgan fingerprint density at radius 2 is 1.58 bits per heavy atom. The van der Waals surface area contributed by atoms with Gasteiger partial charge in [0.2, 0.25) is 5.91 Å². The molecule has 4 aliphatic rings. The predicted octanol–water partition coefficient (Wildman–Crippen LogP) is 1.77. The van der Waals surface area contributed by atoms with Crippen LogP contribution in [0.3, 0.4) is 0 Å². The minimum atomic E-state index is -4.94. The van der Waals surface area contributed by atoms with Gasteiger partial charge in [0.05, 0.1) is 6.04 Å². The lowest BCUT2D eigenvalue weighted by atomic mass is 9.48. The van der Waals surface area contributed by atoms with Crippen molar-refractivity contribution in [2.45, 2.75) is 70.9 Å². The summed E-state index contributed by atoms with van der Waals surface area (Å²) < 4.78 is 11.8. The third-order valence-corrected chi connectivity index (χ3v) is 7.41. The highest BCUT2D eigenvalue weighted by molar-refractivity contribution is 7.70. The lowest BCUT2D eigenvalue weighted by Crippen LogP contribution is -2.61. The standard InChI is InChI=1S/C18H31N2O5P/c1-10(2)3-14(19)16(21)20-15(17(22)26(23,24)25)18-7-11-4-12(8-18)6-13(5-11)9-18/h10-15H,3-9,19H2,1-2H3,(H,20,21)(H2,23,24,25)/t11?,12?,13?,14-,15+,18?/m0/s1. The molecule has 0 aromatic carbocycles. The number of rotatable bonds is 7. The third-order valence-electron chi connectivity index (χ3n) is 6.58. The molecule has 0 radical (unpaired) electrons. The highest BCUT2D eigenvalue weighted by Crippen LogP contribution is 2.62. The van der Waals surface area contributed by atoms with Crippen LogP contribution in [0.2, 0.25) is 0 Å². The number of carbonyl (C=O) groups is 2. The van der Waals surface area contributed by atoms with Gasteiger partial charge in [-0.2, -0.15) is 0 Å². The van der Waals surface area contributed by atoms with Crippen LogP contribution >= 0.6 is 7.60 Å². The van der Waals surface area contributed by atoms with Crippen molar-refractivity contribution < 1.29 is 23.9 Å². The largest absolute Gasteiger partial charge is 0.393 e. The van der Waals surface area contributed by atoms with Gasteiger partial charge in [-0.15, -0.1) is 0 Å². The van der Waals surface area contributed by atoms with Crippen LogP contribution in [-0.4, -0.2) is 33.3 Å². The number of amides is 1. The molecule has 26 heavy (non-hydrogen) atoms. The molecule has 4 rings (SSSR count). The Labute approximate surface area is 154 Å². The number of hydrogen-bond donors (Lipinski definition) is 4. The second-order valence-corrected chi connectivity index (χ2v) is 10.9. The van der Waals surface area contributed by atoms with E-state index >= 15 is 0 Å². The van der Waals surface area contributed by atoms with E-state index in [0.717, 1.165) is 38.5 Å². The minimum Gasteiger partial charge on any atom is -0.344 e. The number of carbonyl (C=O) groups excluding carboxylic acids is 2. The van der Waals surface area contributed by atoms with Crippen LogP contribution in [0.15, 0.2) is 0 Å². The summed E-state index contributed by atoms with van der Waals surface area (Å²) in [4.78, 5) is 44.3. The van der Waals surface area contributed by atoms with Gasteiger partial charge in [-0.1, -0.05) is 13.8 Å². The summed E-state index contributed by atoms with van der Waals surface area (Å²) in [5.41, 5.74) is 4.27. The lowest BCUT2D eigenvalue weighted by Gasteiger charge is -2.59. The molecule has 148 valence electrons. The van der Waals surface area contributed by atoms with Crippen molar-refractivity contribution in [3.8, 4) is 0 Å². The average molecular weight is 386 g/mol. The molecule has 2 atom stereocenters. The summed E-state index contributed by atoms with van der Waals surface area (Å²) in [5, 5.41) is 2.68. The second kappa shape index (κ2) is 7.01. The van der Waals surface area contributed by atoms with E-state index < -0.39 is 36.5 Å². The van der Waals surface area contributed by atoms with Crippen molar-refractivity contribution >= 4 is 19.0 Å². The van der Waals surface area contributed by atoms with Crippen LogP contribution in [0.25, 0.3) is 0 Å². The van der Waals surface area contributed by atoms with E-state index in [2.05, 4.69) is 5.32 Å². The van der Waals surface area contributed by atoms with Crippen LogP contribution < -0.4 is 11.1 Å². The minimum absolute atomic E-state index is 0.214. The summed E-state index contributed by atoms with van der Waals surface area (Å²) in [6.45, 7) is 3.90. The van der Waals surface area contributed by atoms with Crippen molar-refractivity contribution in [1.29, 1.82) is 0 Å². The van der Waals surface area contributed by atoms with Crippen LogP contribution in [0.4, 0.5) is 0 Å². The summed E-state index contributed by atoms with van der Waals surface area (Å²) in [7, 11) is -4.94. The Hall–Kier alpha value is -0.750. The zero-order valence-corrected chi connectivity index (χ0v) is 16.5. The molecule has 7 nitrogen and oxygen atoms in total. The van der Waals surface area contributed by atoms with Gasteiger partial charge >= 0.3 is 7.60 Å². The first-order valence-electron chi connectivity index (χ1n) is 9.66. The molecule has 0 heterocycles. The first-order valence-corrected chi connectivity index (χ1v) is 11.3. The molecule has 1 amide bonds. The fourth-order valence-electron chi connectivity index (χ4n) is 6.04. The van der Waals surface area contributed by atoms with Crippen molar-refractivity contribution in [3.05, 3.63) is 0 Å². The molecule has 0 unspecified atom stereocenters. The third kappa shape index (κ3) is 3.91. The van der Waals surface area contributed by atoms with Crippen molar-refractivity contribution in [3.63, 3.8) is 0 Å². The summed E-state index contributed by atoms with van der Waals surface area (Å²) in [5.74, 6) is 1.21. The van der Waals surface area contributed by atoms with Gasteiger partial charge < -0.3 is 20.8 Å². The molecule has 8 heteroatoms. The summed E-state index contributed by atoms with van der Waals surface area (Å²) in [6.07, 6.45) is 6.15. The maximum absolute atomic E-state index is 12.6. The molecule has 4 fully saturated rings. The molecule has 5 N–H and O–H groups in total. The Morgan fingerprint density at radius 3 is 1.96 bits per heavy atom. The second-order valence-electron chi connectivity index (χ2n) is 9.34. The van der Waals surface area contributed by atoms with Gasteiger partial charge in [0, 0.05) is 0 Å². The summed E-state index contributed by atoms with van der Waals surface area (Å²) in [6, 6.07) is -1.92. The van der Waals surface area contributed by atoms with Gasteiger partial charge in [-0.05, 0) is 74.0 Å². The van der Waals surface area contributed by atoms with E-state index in [4.69, 9.17) is 5.73 Å². The Balaban J connectivity index is 1.86.